The molecule has 0 saturated heterocycles. The van der Waals surface area contributed by atoms with Crippen molar-refractivity contribution in [2.75, 3.05) is 12.4 Å². The number of aromatic nitrogens is 1. The molecule has 0 bridgehead atoms. The summed E-state index contributed by atoms with van der Waals surface area (Å²) in [5, 5.41) is 2.65. The molecule has 134 valence electrons. The van der Waals surface area contributed by atoms with E-state index in [0.717, 1.165) is 35.4 Å². The number of nitrogens with zero attached hydrogens (tertiary/aromatic N) is 2. The van der Waals surface area contributed by atoms with Crippen LogP contribution in [0.5, 0.6) is 0 Å². The topological polar surface area (TPSA) is 58.4 Å². The Morgan fingerprint density at radius 3 is 2.84 bits per heavy atom. The number of fused-ring (bicyclic) bond motifs is 1. The molecule has 5 nitrogen and oxygen atoms in total. The average molecular weight is 366 g/mol. The summed E-state index contributed by atoms with van der Waals surface area (Å²) in [6.07, 6.45) is 3.56. The van der Waals surface area contributed by atoms with Gasteiger partial charge in [-0.3, -0.25) is 4.79 Å². The lowest BCUT2D eigenvalue weighted by Crippen LogP contribution is -2.26. The number of hydrogen-bond donors (Lipinski definition) is 2. The summed E-state index contributed by atoms with van der Waals surface area (Å²) in [6.45, 7) is 2.10. The molecular formula is C17H20F2N4OS. The van der Waals surface area contributed by atoms with Crippen molar-refractivity contribution in [3.05, 3.63) is 47.3 Å². The molecule has 0 saturated carbocycles. The fourth-order valence-electron chi connectivity index (χ4n) is 2.94. The van der Waals surface area contributed by atoms with Gasteiger partial charge in [-0.1, -0.05) is 0 Å². The first-order chi connectivity index (χ1) is 11.9. The number of carbonyl (C=O) groups excluding carboxylic acids is 1. The van der Waals surface area contributed by atoms with E-state index < -0.39 is 22.5 Å². The molecule has 1 aromatic heterocycles. The molecule has 2 atom stereocenters. The average Bonchev–Trinajstić information content (AvgIpc) is 2.82. The zero-order chi connectivity index (χ0) is 18.1. The molecule has 1 aliphatic rings. The van der Waals surface area contributed by atoms with E-state index in [1.165, 1.54) is 6.07 Å². The number of benzene rings is 1. The second-order valence-corrected chi connectivity index (χ2v) is 7.65. The smallest absolute Gasteiger partial charge is 0.272 e. The maximum Gasteiger partial charge on any atom is 0.272 e. The van der Waals surface area contributed by atoms with E-state index in [0.29, 0.717) is 11.7 Å². The SMILES string of the molecule is CN=S1NC(C)CCc2c1cn(C)c2C(=O)Nc1ccc(F)c(F)c1. The van der Waals surface area contributed by atoms with E-state index in [9.17, 15) is 13.6 Å². The molecule has 0 radical (unpaired) electrons. The molecule has 1 aliphatic heterocycles. The highest BCUT2D eigenvalue weighted by molar-refractivity contribution is 7.85. The number of halogens is 2. The monoisotopic (exact) mass is 366 g/mol. The van der Waals surface area contributed by atoms with Gasteiger partial charge < -0.3 is 9.88 Å². The molecule has 2 aromatic rings. The Kier molecular flexibility index (Phi) is 5.01. The Labute approximate surface area is 147 Å². The predicted octanol–water partition coefficient (Wildman–Crippen LogP) is 3.19. The van der Waals surface area contributed by atoms with Crippen molar-refractivity contribution in [3.63, 3.8) is 0 Å². The summed E-state index contributed by atoms with van der Waals surface area (Å²) in [5.41, 5.74) is 1.70. The molecule has 2 unspecified atom stereocenters. The largest absolute Gasteiger partial charge is 0.345 e. The van der Waals surface area contributed by atoms with Crippen LogP contribution in [0.4, 0.5) is 14.5 Å². The van der Waals surface area contributed by atoms with Crippen molar-refractivity contribution >= 4 is 22.5 Å². The Bertz CT molecular complexity index is 863. The molecule has 1 amide bonds. The van der Waals surface area contributed by atoms with Crippen molar-refractivity contribution in [2.45, 2.75) is 30.7 Å². The molecular weight excluding hydrogens is 346 g/mol. The van der Waals surface area contributed by atoms with E-state index in [1.807, 2.05) is 6.20 Å². The van der Waals surface area contributed by atoms with Gasteiger partial charge in [0.15, 0.2) is 11.6 Å². The summed E-state index contributed by atoms with van der Waals surface area (Å²) in [6, 6.07) is 3.61. The van der Waals surface area contributed by atoms with Gasteiger partial charge in [-0.05, 0) is 37.5 Å². The second kappa shape index (κ2) is 7.05. The van der Waals surface area contributed by atoms with Gasteiger partial charge in [0.25, 0.3) is 5.91 Å². The van der Waals surface area contributed by atoms with Crippen LogP contribution in [0.3, 0.4) is 0 Å². The normalized spacial score (nSPS) is 20.2. The lowest BCUT2D eigenvalue weighted by molar-refractivity contribution is 0.101. The maximum atomic E-state index is 13.4. The minimum atomic E-state index is -0.993. The van der Waals surface area contributed by atoms with Crippen LogP contribution in [0.15, 0.2) is 33.7 Å². The maximum absolute atomic E-state index is 13.4. The summed E-state index contributed by atoms with van der Waals surface area (Å²) < 4.78 is 36.0. The predicted molar refractivity (Wildman–Crippen MR) is 94.6 cm³/mol. The zero-order valence-corrected chi connectivity index (χ0v) is 15.1. The second-order valence-electron chi connectivity index (χ2n) is 6.04. The Morgan fingerprint density at radius 2 is 2.16 bits per heavy atom. The van der Waals surface area contributed by atoms with Gasteiger partial charge in [-0.2, -0.15) is 0 Å². The third-order valence-corrected chi connectivity index (χ3v) is 5.93. The van der Waals surface area contributed by atoms with Crippen molar-refractivity contribution in [3.8, 4) is 0 Å². The van der Waals surface area contributed by atoms with Gasteiger partial charge in [0, 0.05) is 49.0 Å². The number of carbonyl (C=O) groups is 1. The van der Waals surface area contributed by atoms with Crippen LogP contribution in [0, 0.1) is 11.6 Å². The van der Waals surface area contributed by atoms with Gasteiger partial charge in [0.1, 0.15) is 5.69 Å². The minimum Gasteiger partial charge on any atom is -0.345 e. The van der Waals surface area contributed by atoms with E-state index in [4.69, 9.17) is 0 Å². The van der Waals surface area contributed by atoms with Crippen molar-refractivity contribution < 1.29 is 13.6 Å². The van der Waals surface area contributed by atoms with Crippen molar-refractivity contribution in [1.29, 1.82) is 0 Å². The molecule has 3 rings (SSSR count). The third-order valence-electron chi connectivity index (χ3n) is 4.17. The number of hydrogen-bond acceptors (Lipinski definition) is 2. The number of nitrogens with one attached hydrogen (secondary N) is 2. The summed E-state index contributed by atoms with van der Waals surface area (Å²) in [4.78, 5) is 13.8. The number of amides is 1. The fraction of sp³-hybridized carbons (Fsp3) is 0.353. The van der Waals surface area contributed by atoms with Crippen LogP contribution in [0.25, 0.3) is 0 Å². The lowest BCUT2D eigenvalue weighted by atomic mass is 10.1. The summed E-state index contributed by atoms with van der Waals surface area (Å²) >= 11 is 0. The first kappa shape index (κ1) is 17.8. The molecule has 25 heavy (non-hydrogen) atoms. The number of anilines is 1. The van der Waals surface area contributed by atoms with E-state index in [-0.39, 0.29) is 11.6 Å². The Balaban J connectivity index is 1.96. The minimum absolute atomic E-state index is 0.221. The fourth-order valence-corrected chi connectivity index (χ4v) is 4.56. The molecule has 0 fully saturated rings. The third kappa shape index (κ3) is 3.50. The molecule has 8 heteroatoms. The molecule has 2 N–H and O–H groups in total. The highest BCUT2D eigenvalue weighted by Crippen LogP contribution is 2.27. The number of aryl methyl sites for hydroxylation is 1. The zero-order valence-electron chi connectivity index (χ0n) is 14.3. The molecule has 0 aliphatic carbocycles. The highest BCUT2D eigenvalue weighted by Gasteiger charge is 2.26. The van der Waals surface area contributed by atoms with Crippen molar-refractivity contribution in [2.24, 2.45) is 11.4 Å². The quantitative estimate of drug-likeness (QED) is 0.858. The Hall–Kier alpha value is -2.06. The van der Waals surface area contributed by atoms with Crippen LogP contribution in [-0.2, 0) is 24.3 Å². The molecule has 2 heterocycles. The van der Waals surface area contributed by atoms with Crippen LogP contribution in [-0.4, -0.2) is 23.6 Å². The van der Waals surface area contributed by atoms with Crippen LogP contribution >= 0.6 is 0 Å². The first-order valence-corrected chi connectivity index (χ1v) is 9.14. The Morgan fingerprint density at radius 1 is 1.40 bits per heavy atom. The van der Waals surface area contributed by atoms with E-state index in [2.05, 4.69) is 21.3 Å². The molecule has 0 spiro atoms. The number of rotatable bonds is 2. The standard InChI is InChI=1S/C17H20F2N4OS/c1-10-4-6-12-15(25(20-2)22-10)9-23(3)16(12)17(24)21-11-5-7-13(18)14(19)8-11/h5,7-10H,4,6H2,1-3H3,(H,20,22)(H,21,24). The summed E-state index contributed by atoms with van der Waals surface area (Å²) in [7, 11) is 3.09. The van der Waals surface area contributed by atoms with Crippen LogP contribution in [0.2, 0.25) is 0 Å². The van der Waals surface area contributed by atoms with Gasteiger partial charge in [-0.25, -0.2) is 17.9 Å². The van der Waals surface area contributed by atoms with Gasteiger partial charge >= 0.3 is 0 Å². The highest BCUT2D eigenvalue weighted by atomic mass is 32.2. The van der Waals surface area contributed by atoms with Gasteiger partial charge in [0.05, 0.1) is 4.90 Å². The first-order valence-electron chi connectivity index (χ1n) is 7.95. The summed E-state index contributed by atoms with van der Waals surface area (Å²) in [5.74, 6) is -2.28. The van der Waals surface area contributed by atoms with Gasteiger partial charge in [0.2, 0.25) is 0 Å². The van der Waals surface area contributed by atoms with Crippen LogP contribution < -0.4 is 10.0 Å². The lowest BCUT2D eigenvalue weighted by Gasteiger charge is -2.11. The van der Waals surface area contributed by atoms with Crippen molar-refractivity contribution in [1.82, 2.24) is 9.29 Å². The molecule has 1 aromatic carbocycles. The van der Waals surface area contributed by atoms with Gasteiger partial charge in [-0.15, -0.1) is 0 Å². The van der Waals surface area contributed by atoms with E-state index >= 15 is 0 Å². The van der Waals surface area contributed by atoms with Crippen LogP contribution in [0.1, 0.15) is 29.4 Å². The van der Waals surface area contributed by atoms with E-state index in [1.54, 1.807) is 18.7 Å².